The quantitative estimate of drug-likeness (QED) is 0.155. The van der Waals surface area contributed by atoms with Gasteiger partial charge in [-0.3, -0.25) is 25.2 Å². The Morgan fingerprint density at radius 2 is 1.50 bits per heavy atom. The van der Waals surface area contributed by atoms with Crippen molar-refractivity contribution in [2.24, 2.45) is 0 Å². The normalized spacial score (nSPS) is 12.0. The second-order valence-corrected chi connectivity index (χ2v) is 10.3. The molecule has 0 fully saturated rings. The average molecular weight is 587 g/mol. The third-order valence-electron chi connectivity index (χ3n) is 5.65. The largest absolute Gasteiger partial charge is 0.390 e. The summed E-state index contributed by atoms with van der Waals surface area (Å²) in [4.78, 5) is 23.8. The summed E-state index contributed by atoms with van der Waals surface area (Å²) in [5.41, 5.74) is 4.55. The van der Waals surface area contributed by atoms with E-state index in [1.807, 2.05) is 5.43 Å². The minimum atomic E-state index is -5.31. The molecule has 1 heterocycles. The van der Waals surface area contributed by atoms with Gasteiger partial charge in [-0.15, -0.1) is 0 Å². The lowest BCUT2D eigenvalue weighted by Gasteiger charge is -2.23. The fraction of sp³-hybridized carbons (Fsp3) is 0.240. The van der Waals surface area contributed by atoms with Crippen molar-refractivity contribution in [3.8, 4) is 0 Å². The Bertz CT molecular complexity index is 1490. The Labute approximate surface area is 226 Å². The first-order valence-corrected chi connectivity index (χ1v) is 13.0. The van der Waals surface area contributed by atoms with E-state index in [2.05, 4.69) is 10.0 Å². The minimum absolute atomic E-state index is 0.00566. The first kappa shape index (κ1) is 30.3. The number of amides is 2. The fourth-order valence-electron chi connectivity index (χ4n) is 3.49. The molecule has 0 bridgehead atoms. The summed E-state index contributed by atoms with van der Waals surface area (Å²) in [6.45, 7) is 0.515. The van der Waals surface area contributed by atoms with E-state index in [4.69, 9.17) is 0 Å². The molecule has 2 aromatic carbocycles. The molecule has 214 valence electrons. The van der Waals surface area contributed by atoms with Crippen LogP contribution in [0.3, 0.4) is 0 Å². The maximum Gasteiger partial charge on any atom is 0.390 e. The number of nitrogens with zero attached hydrogens (tertiary/aromatic N) is 1. The van der Waals surface area contributed by atoms with Gasteiger partial charge in [-0.05, 0) is 55.3 Å². The van der Waals surface area contributed by atoms with Gasteiger partial charge in [0.2, 0.25) is 6.54 Å². The highest BCUT2D eigenvalue weighted by Crippen LogP contribution is 2.35. The summed E-state index contributed by atoms with van der Waals surface area (Å²) in [6, 6.07) is 13.0. The Kier molecular flexibility index (Phi) is 8.97. The zero-order valence-electron chi connectivity index (χ0n) is 21.1. The van der Waals surface area contributed by atoms with Gasteiger partial charge in [0.25, 0.3) is 15.9 Å². The first-order valence-electron chi connectivity index (χ1n) is 11.5. The summed E-state index contributed by atoms with van der Waals surface area (Å²) in [5.74, 6) is -13.3. The lowest BCUT2D eigenvalue weighted by atomic mass is 10.1. The van der Waals surface area contributed by atoms with Crippen LogP contribution in [0.5, 0.6) is 0 Å². The van der Waals surface area contributed by atoms with Crippen LogP contribution in [0.25, 0.3) is 0 Å². The third kappa shape index (κ3) is 6.83. The van der Waals surface area contributed by atoms with Crippen molar-refractivity contribution in [1.29, 1.82) is 0 Å². The molecule has 2 amide bonds. The number of sulfonamides is 1. The number of nitrogens with one attached hydrogen (secondary N) is 4. The molecule has 3 rings (SSSR count). The predicted molar refractivity (Wildman–Crippen MR) is 136 cm³/mol. The minimum Gasteiger partial charge on any atom is -0.320 e. The molecular formula is C25H25F5N5O4S+. The maximum atomic E-state index is 13.4. The summed E-state index contributed by atoms with van der Waals surface area (Å²) in [5, 5.41) is 2.74. The molecule has 0 unspecified atom stereocenters. The van der Waals surface area contributed by atoms with E-state index in [0.29, 0.717) is 11.3 Å². The SMILES string of the molecule is Cc1ccc(S(=O)(=O)Nc2ccc(NNC(=O)C(F)(F)C(F)(F)CF)cc2)c(C)c1NC(=O)C[n+]1ccccc1. The van der Waals surface area contributed by atoms with Gasteiger partial charge in [-0.2, -0.15) is 22.1 Å². The van der Waals surface area contributed by atoms with Gasteiger partial charge >= 0.3 is 17.8 Å². The number of aryl methyl sites for hydroxylation is 1. The summed E-state index contributed by atoms with van der Waals surface area (Å²) in [7, 11) is -4.17. The number of hydrogen-bond acceptors (Lipinski definition) is 5. The lowest BCUT2D eigenvalue weighted by molar-refractivity contribution is -0.684. The van der Waals surface area contributed by atoms with Gasteiger partial charge in [-0.25, -0.2) is 12.8 Å². The lowest BCUT2D eigenvalue weighted by Crippen LogP contribution is -2.54. The molecule has 0 aliphatic carbocycles. The van der Waals surface area contributed by atoms with Gasteiger partial charge in [0.05, 0.1) is 10.6 Å². The summed E-state index contributed by atoms with van der Waals surface area (Å²) in [6.07, 6.45) is 3.42. The van der Waals surface area contributed by atoms with Crippen LogP contribution >= 0.6 is 0 Å². The Morgan fingerprint density at radius 1 is 0.900 bits per heavy atom. The Morgan fingerprint density at radius 3 is 2.10 bits per heavy atom. The summed E-state index contributed by atoms with van der Waals surface area (Å²) < 4.78 is 95.2. The second-order valence-electron chi connectivity index (χ2n) is 8.65. The maximum absolute atomic E-state index is 13.4. The molecule has 1 aromatic heterocycles. The monoisotopic (exact) mass is 586 g/mol. The molecule has 3 aromatic rings. The van der Waals surface area contributed by atoms with Crippen LogP contribution in [0.1, 0.15) is 11.1 Å². The van der Waals surface area contributed by atoms with Crippen LogP contribution in [0.15, 0.2) is 71.9 Å². The van der Waals surface area contributed by atoms with Crippen molar-refractivity contribution in [2.75, 3.05) is 22.1 Å². The molecular weight excluding hydrogens is 561 g/mol. The van der Waals surface area contributed by atoms with Crippen LogP contribution in [0.2, 0.25) is 0 Å². The zero-order chi connectivity index (χ0) is 29.7. The van der Waals surface area contributed by atoms with E-state index in [1.54, 1.807) is 42.1 Å². The molecule has 0 saturated carbocycles. The van der Waals surface area contributed by atoms with Gasteiger partial charge in [0.15, 0.2) is 19.1 Å². The second kappa shape index (κ2) is 11.9. The molecule has 0 aliphatic rings. The third-order valence-corrected chi connectivity index (χ3v) is 7.18. The Hall–Kier alpha value is -4.27. The number of rotatable bonds is 11. The van der Waals surface area contributed by atoms with Crippen LogP contribution in [-0.2, 0) is 26.2 Å². The van der Waals surface area contributed by atoms with E-state index in [0.717, 1.165) is 0 Å². The topological polar surface area (TPSA) is 120 Å². The van der Waals surface area contributed by atoms with E-state index in [-0.39, 0.29) is 34.3 Å². The van der Waals surface area contributed by atoms with Crippen LogP contribution in [0.4, 0.5) is 39.0 Å². The highest BCUT2D eigenvalue weighted by atomic mass is 32.2. The van der Waals surface area contributed by atoms with Crippen molar-refractivity contribution in [3.05, 3.63) is 78.1 Å². The standard InChI is InChI=1S/C25H24F5N5O4S/c1-16-6-11-20(17(2)22(16)31-21(36)14-35-12-4-3-5-13-35)40(38,39)34-19-9-7-18(8-10-19)32-33-23(37)25(29,30)24(27,28)15-26/h3-13,32,34H,14-15H2,1-2H3,(H-,31,33,36,37)/p+1. The predicted octanol–water partition coefficient (Wildman–Crippen LogP) is 3.71. The van der Waals surface area contributed by atoms with Crippen molar-refractivity contribution >= 4 is 38.9 Å². The van der Waals surface area contributed by atoms with Crippen LogP contribution in [0, 0.1) is 13.8 Å². The van der Waals surface area contributed by atoms with Crippen molar-refractivity contribution in [3.63, 3.8) is 0 Å². The molecule has 0 spiro atoms. The number of aromatic nitrogens is 1. The number of anilines is 3. The Balaban J connectivity index is 1.70. The number of benzene rings is 2. The first-order chi connectivity index (χ1) is 18.7. The number of alkyl halides is 5. The number of carbonyl (C=O) groups excluding carboxylic acids is 2. The van der Waals surface area contributed by atoms with E-state index in [1.165, 1.54) is 48.7 Å². The molecule has 9 nitrogen and oxygen atoms in total. The number of halogens is 5. The number of pyridine rings is 1. The molecule has 0 radical (unpaired) electrons. The van der Waals surface area contributed by atoms with Gasteiger partial charge in [-0.1, -0.05) is 12.1 Å². The molecule has 40 heavy (non-hydrogen) atoms. The highest BCUT2D eigenvalue weighted by Gasteiger charge is 2.62. The van der Waals surface area contributed by atoms with E-state index < -0.39 is 34.5 Å². The molecule has 4 N–H and O–H groups in total. The molecule has 0 atom stereocenters. The van der Waals surface area contributed by atoms with Crippen molar-refractivity contribution < 1.29 is 44.5 Å². The van der Waals surface area contributed by atoms with Crippen molar-refractivity contribution in [1.82, 2.24) is 5.43 Å². The average Bonchev–Trinajstić information content (AvgIpc) is 2.90. The van der Waals surface area contributed by atoms with Gasteiger partial charge in [0, 0.05) is 23.5 Å². The zero-order valence-corrected chi connectivity index (χ0v) is 22.0. The smallest absolute Gasteiger partial charge is 0.320 e. The fourth-order valence-corrected chi connectivity index (χ4v) is 4.79. The summed E-state index contributed by atoms with van der Waals surface area (Å²) >= 11 is 0. The number of hydrogen-bond donors (Lipinski definition) is 4. The van der Waals surface area contributed by atoms with Gasteiger partial charge in [0.1, 0.15) is 0 Å². The highest BCUT2D eigenvalue weighted by molar-refractivity contribution is 7.92. The van der Waals surface area contributed by atoms with E-state index >= 15 is 0 Å². The molecule has 0 saturated heterocycles. The van der Waals surface area contributed by atoms with E-state index in [9.17, 15) is 40.0 Å². The molecule has 15 heteroatoms. The molecule has 0 aliphatic heterocycles. The van der Waals surface area contributed by atoms with Crippen LogP contribution in [-0.4, -0.2) is 38.8 Å². The van der Waals surface area contributed by atoms with Gasteiger partial charge < -0.3 is 5.32 Å². The van der Waals surface area contributed by atoms with Crippen molar-refractivity contribution in [2.45, 2.75) is 37.1 Å². The number of carbonyl (C=O) groups is 2. The van der Waals surface area contributed by atoms with Crippen LogP contribution < -0.4 is 25.5 Å². The number of hydrazine groups is 1.